The van der Waals surface area contributed by atoms with Crippen LogP contribution in [0, 0.1) is 34.9 Å². The van der Waals surface area contributed by atoms with Crippen molar-refractivity contribution in [3.63, 3.8) is 0 Å². The highest BCUT2D eigenvalue weighted by Crippen LogP contribution is 2.58. The molecule has 0 unspecified atom stereocenters. The molecule has 0 aliphatic heterocycles. The fourth-order valence-electron chi connectivity index (χ4n) is 3.04. The molecule has 0 saturated carbocycles. The van der Waals surface area contributed by atoms with Gasteiger partial charge < -0.3 is 9.47 Å². The van der Waals surface area contributed by atoms with Crippen LogP contribution in [0.4, 0.5) is 52.7 Å². The van der Waals surface area contributed by atoms with Crippen LogP contribution in [0.5, 0.6) is 11.5 Å². The zero-order valence-electron chi connectivity index (χ0n) is 15.9. The van der Waals surface area contributed by atoms with Crippen LogP contribution in [0.15, 0.2) is 12.1 Å². The van der Waals surface area contributed by atoms with Crippen LogP contribution in [-0.4, -0.2) is 25.4 Å². The number of hydrogen-bond acceptors (Lipinski definition) is 3. The fraction of sp³-hybridized carbons (Fsp3) is 0.278. The van der Waals surface area contributed by atoms with Crippen molar-refractivity contribution in [1.29, 1.82) is 0 Å². The van der Waals surface area contributed by atoms with E-state index in [1.165, 1.54) is 0 Å². The SMILES string of the molecule is COc1c(F)cc(C(c2cc(F)c(OC(C)=O)c(F)c2F)(C(F)(F)F)C(F)(F)F)c(F)c1F. The molecule has 0 fully saturated rings. The Bertz CT molecular complexity index is 1090. The molecule has 182 valence electrons. The van der Waals surface area contributed by atoms with Crippen LogP contribution in [-0.2, 0) is 10.2 Å². The molecule has 2 rings (SSSR count). The third-order valence-corrected chi connectivity index (χ3v) is 4.34. The molecule has 2 aromatic rings. The third-order valence-electron chi connectivity index (χ3n) is 4.34. The van der Waals surface area contributed by atoms with Gasteiger partial charge in [-0.05, 0) is 12.1 Å². The number of hydrogen-bond donors (Lipinski definition) is 0. The molecule has 0 heterocycles. The van der Waals surface area contributed by atoms with Gasteiger partial charge in [-0.25, -0.2) is 17.6 Å². The number of methoxy groups -OCH3 is 1. The molecule has 0 aromatic heterocycles. The second kappa shape index (κ2) is 8.33. The highest BCUT2D eigenvalue weighted by atomic mass is 19.4. The highest BCUT2D eigenvalue weighted by Gasteiger charge is 2.75. The highest BCUT2D eigenvalue weighted by molar-refractivity contribution is 5.69. The summed E-state index contributed by atoms with van der Waals surface area (Å²) in [7, 11) is 0.500. The van der Waals surface area contributed by atoms with E-state index < -0.39 is 93.4 Å². The molecule has 0 atom stereocenters. The largest absolute Gasteiger partial charge is 0.491 e. The second-order valence-corrected chi connectivity index (χ2v) is 6.27. The van der Waals surface area contributed by atoms with Crippen molar-refractivity contribution in [3.8, 4) is 11.5 Å². The quantitative estimate of drug-likeness (QED) is 0.228. The van der Waals surface area contributed by atoms with Crippen LogP contribution in [0.25, 0.3) is 0 Å². The van der Waals surface area contributed by atoms with E-state index in [1.54, 1.807) is 0 Å². The minimum atomic E-state index is -6.89. The Morgan fingerprint density at radius 1 is 0.697 bits per heavy atom. The normalized spacial score (nSPS) is 12.7. The summed E-state index contributed by atoms with van der Waals surface area (Å²) in [6, 6.07) is -1.68. The molecule has 0 radical (unpaired) electrons. The Balaban J connectivity index is 3.18. The van der Waals surface area contributed by atoms with Gasteiger partial charge in [0.05, 0.1) is 7.11 Å². The van der Waals surface area contributed by atoms with Gasteiger partial charge in [-0.2, -0.15) is 35.1 Å². The fourth-order valence-corrected chi connectivity index (χ4v) is 3.04. The van der Waals surface area contributed by atoms with E-state index in [2.05, 4.69) is 9.47 Å². The van der Waals surface area contributed by atoms with Crippen LogP contribution in [0.3, 0.4) is 0 Å². The van der Waals surface area contributed by atoms with Crippen molar-refractivity contribution in [2.45, 2.75) is 24.7 Å². The summed E-state index contributed by atoms with van der Waals surface area (Å²) in [6.07, 6.45) is -13.8. The molecule has 0 aliphatic carbocycles. The molecule has 15 heteroatoms. The molecule has 33 heavy (non-hydrogen) atoms. The number of halogens is 12. The summed E-state index contributed by atoms with van der Waals surface area (Å²) in [5.41, 5.74) is -11.9. The summed E-state index contributed by atoms with van der Waals surface area (Å²) >= 11 is 0. The zero-order valence-corrected chi connectivity index (χ0v) is 15.9. The smallest absolute Gasteiger partial charge is 0.411 e. The van der Waals surface area contributed by atoms with Crippen LogP contribution >= 0.6 is 0 Å². The molecule has 3 nitrogen and oxygen atoms in total. The number of alkyl halides is 6. The Kier molecular flexibility index (Phi) is 6.60. The van der Waals surface area contributed by atoms with Gasteiger partial charge in [0.1, 0.15) is 0 Å². The number of carbonyl (C=O) groups is 1. The zero-order chi connectivity index (χ0) is 25.7. The first-order valence-electron chi connectivity index (χ1n) is 8.15. The lowest BCUT2D eigenvalue weighted by Gasteiger charge is -2.38. The molecule has 0 saturated heterocycles. The van der Waals surface area contributed by atoms with Crippen molar-refractivity contribution in [2.24, 2.45) is 0 Å². The van der Waals surface area contributed by atoms with E-state index in [9.17, 15) is 57.5 Å². The molecule has 0 bridgehead atoms. The molecule has 0 aliphatic rings. The van der Waals surface area contributed by atoms with E-state index in [0.29, 0.717) is 14.0 Å². The van der Waals surface area contributed by atoms with Crippen molar-refractivity contribution >= 4 is 5.97 Å². The summed E-state index contributed by atoms with van der Waals surface area (Å²) in [6.45, 7) is 0.513. The first-order chi connectivity index (χ1) is 14.9. The number of benzene rings is 2. The summed E-state index contributed by atoms with van der Waals surface area (Å²) in [4.78, 5) is 10.8. The van der Waals surface area contributed by atoms with Crippen LogP contribution < -0.4 is 9.47 Å². The van der Waals surface area contributed by atoms with E-state index in [1.807, 2.05) is 0 Å². The van der Waals surface area contributed by atoms with Gasteiger partial charge >= 0.3 is 18.3 Å². The number of carbonyl (C=O) groups excluding carboxylic acids is 1. The minimum absolute atomic E-state index is 0.500. The predicted molar refractivity (Wildman–Crippen MR) is 83.4 cm³/mol. The average Bonchev–Trinajstić information content (AvgIpc) is 2.65. The van der Waals surface area contributed by atoms with Gasteiger partial charge in [-0.15, -0.1) is 0 Å². The molecule has 0 spiro atoms. The van der Waals surface area contributed by atoms with Crippen molar-refractivity contribution in [3.05, 3.63) is 58.2 Å². The van der Waals surface area contributed by atoms with E-state index >= 15 is 0 Å². The first kappa shape index (κ1) is 26.1. The van der Waals surface area contributed by atoms with Gasteiger partial charge in [-0.1, -0.05) is 0 Å². The summed E-state index contributed by atoms with van der Waals surface area (Å²) < 4.78 is 177. The Labute approximate surface area is 175 Å². The van der Waals surface area contributed by atoms with Crippen LogP contribution in [0.2, 0.25) is 0 Å². The predicted octanol–water partition coefficient (Wildman–Crippen LogP) is 5.87. The van der Waals surface area contributed by atoms with Gasteiger partial charge in [0.2, 0.25) is 22.8 Å². The number of ether oxygens (including phenoxy) is 2. The maximum Gasteiger partial charge on any atom is 0.411 e. The van der Waals surface area contributed by atoms with E-state index in [4.69, 9.17) is 0 Å². The lowest BCUT2D eigenvalue weighted by atomic mass is 9.72. The maximum atomic E-state index is 14.5. The van der Waals surface area contributed by atoms with Gasteiger partial charge in [0.15, 0.2) is 29.0 Å². The van der Waals surface area contributed by atoms with Crippen LogP contribution in [0.1, 0.15) is 18.1 Å². The van der Waals surface area contributed by atoms with Gasteiger partial charge in [0, 0.05) is 18.1 Å². The second-order valence-electron chi connectivity index (χ2n) is 6.27. The first-order valence-corrected chi connectivity index (χ1v) is 8.15. The third kappa shape index (κ3) is 3.93. The van der Waals surface area contributed by atoms with Crippen molar-refractivity contribution in [1.82, 2.24) is 0 Å². The topological polar surface area (TPSA) is 35.5 Å². The molecule has 2 aromatic carbocycles. The van der Waals surface area contributed by atoms with E-state index in [0.717, 1.165) is 0 Å². The monoisotopic (exact) mass is 500 g/mol. The number of esters is 1. The Hall–Kier alpha value is -3.13. The van der Waals surface area contributed by atoms with E-state index in [-0.39, 0.29) is 0 Å². The lowest BCUT2D eigenvalue weighted by molar-refractivity contribution is -0.290. The molecular formula is C18H8F12O3. The Morgan fingerprint density at radius 2 is 1.06 bits per heavy atom. The molecule has 0 N–H and O–H groups in total. The Morgan fingerprint density at radius 3 is 1.39 bits per heavy atom. The maximum absolute atomic E-state index is 14.5. The minimum Gasteiger partial charge on any atom is -0.491 e. The van der Waals surface area contributed by atoms with Crippen molar-refractivity contribution in [2.75, 3.05) is 7.11 Å². The van der Waals surface area contributed by atoms with Gasteiger partial charge in [0.25, 0.3) is 0 Å². The summed E-state index contributed by atoms with van der Waals surface area (Å²) in [5, 5.41) is 0. The lowest BCUT2D eigenvalue weighted by Crippen LogP contribution is -2.56. The summed E-state index contributed by atoms with van der Waals surface area (Å²) in [5.74, 6) is -21.5. The average molecular weight is 500 g/mol. The van der Waals surface area contributed by atoms with Crippen molar-refractivity contribution < 1.29 is 67.0 Å². The molecular weight excluding hydrogens is 492 g/mol. The van der Waals surface area contributed by atoms with Gasteiger partial charge in [-0.3, -0.25) is 4.79 Å². The molecule has 0 amide bonds. The standard InChI is InChI=1S/C18H8F12O3/c1-5(31)33-15-9(20)4-7(11(22)13(15)24)16(17(25,26)27,18(28,29)30)6-3-8(19)14(32-2)12(23)10(6)21/h3-4H,1-2H3. The number of rotatable bonds is 4.